The molecule has 0 saturated carbocycles. The summed E-state index contributed by atoms with van der Waals surface area (Å²) in [6.07, 6.45) is 65.3. The van der Waals surface area contributed by atoms with Crippen molar-refractivity contribution in [1.82, 2.24) is 0 Å². The Labute approximate surface area is 374 Å². The zero-order chi connectivity index (χ0) is 44.4. The third-order valence-electron chi connectivity index (χ3n) is 9.77. The summed E-state index contributed by atoms with van der Waals surface area (Å²) in [6.45, 7) is 6.25. The van der Waals surface area contributed by atoms with Gasteiger partial charge in [0.2, 0.25) is 0 Å². The van der Waals surface area contributed by atoms with E-state index in [-0.39, 0.29) is 38.0 Å². The first-order valence-electron chi connectivity index (χ1n) is 24.4. The van der Waals surface area contributed by atoms with Gasteiger partial charge in [0.25, 0.3) is 0 Å². The second-order valence-corrected chi connectivity index (χ2v) is 15.6. The van der Waals surface area contributed by atoms with Crippen LogP contribution < -0.4 is 0 Å². The van der Waals surface area contributed by atoms with Crippen molar-refractivity contribution in [3.05, 3.63) is 109 Å². The minimum Gasteiger partial charge on any atom is -0.462 e. The summed E-state index contributed by atoms with van der Waals surface area (Å²) >= 11 is 0. The van der Waals surface area contributed by atoms with Crippen LogP contribution in [0.3, 0.4) is 0 Å². The van der Waals surface area contributed by atoms with Gasteiger partial charge in [-0.2, -0.15) is 0 Å². The zero-order valence-electron chi connectivity index (χ0n) is 39.1. The fraction of sp³-hybridized carbons (Fsp3) is 0.618. The Balaban J connectivity index is 4.55. The Kier molecular flexibility index (Phi) is 45.6. The number of hydrogen-bond acceptors (Lipinski definition) is 6. The number of unbranched alkanes of at least 4 members (excludes halogenated alkanes) is 13. The van der Waals surface area contributed by atoms with Crippen molar-refractivity contribution >= 4 is 17.9 Å². The number of carbonyl (C=O) groups excluding carboxylic acids is 3. The lowest BCUT2D eigenvalue weighted by molar-refractivity contribution is -0.166. The highest BCUT2D eigenvalue weighted by Gasteiger charge is 2.19. The van der Waals surface area contributed by atoms with Crippen molar-refractivity contribution in [3.8, 4) is 0 Å². The lowest BCUT2D eigenvalue weighted by Crippen LogP contribution is -2.30. The smallest absolute Gasteiger partial charge is 0.306 e. The summed E-state index contributed by atoms with van der Waals surface area (Å²) in [4.78, 5) is 37.8. The molecule has 0 bridgehead atoms. The maximum Gasteiger partial charge on any atom is 0.306 e. The van der Waals surface area contributed by atoms with Crippen molar-refractivity contribution < 1.29 is 28.6 Å². The first-order chi connectivity index (χ1) is 30.0. The van der Waals surface area contributed by atoms with E-state index in [0.29, 0.717) is 19.3 Å². The molecule has 6 heteroatoms. The van der Waals surface area contributed by atoms with Crippen molar-refractivity contribution in [1.29, 1.82) is 0 Å². The molecule has 0 aliphatic rings. The molecule has 0 aliphatic carbocycles. The van der Waals surface area contributed by atoms with Gasteiger partial charge in [-0.25, -0.2) is 0 Å². The molecule has 0 amide bonds. The van der Waals surface area contributed by atoms with Crippen molar-refractivity contribution in [2.45, 2.75) is 207 Å². The molecular formula is C55H88O6. The molecule has 0 N–H and O–H groups in total. The van der Waals surface area contributed by atoms with E-state index in [4.69, 9.17) is 14.2 Å². The number of rotatable bonds is 42. The summed E-state index contributed by atoms with van der Waals surface area (Å²) in [5.74, 6) is -1.11. The number of allylic oxidation sites excluding steroid dienone is 18. The third-order valence-corrected chi connectivity index (χ3v) is 9.77. The van der Waals surface area contributed by atoms with Gasteiger partial charge in [-0.05, 0) is 96.3 Å². The van der Waals surface area contributed by atoms with Crippen LogP contribution in [-0.4, -0.2) is 37.2 Å². The summed E-state index contributed by atoms with van der Waals surface area (Å²) in [6, 6.07) is 0. The Bertz CT molecular complexity index is 1290. The van der Waals surface area contributed by atoms with E-state index < -0.39 is 12.1 Å². The number of esters is 3. The van der Waals surface area contributed by atoms with Crippen molar-refractivity contribution in [2.24, 2.45) is 0 Å². The maximum absolute atomic E-state index is 12.7. The van der Waals surface area contributed by atoms with E-state index in [1.54, 1.807) is 0 Å². The minimum atomic E-state index is -0.847. The zero-order valence-corrected chi connectivity index (χ0v) is 39.1. The number of carbonyl (C=O) groups is 3. The first kappa shape index (κ1) is 57.1. The Morgan fingerprint density at radius 1 is 0.344 bits per heavy atom. The molecular weight excluding hydrogens is 757 g/mol. The number of ether oxygens (including phenoxy) is 3. The fourth-order valence-electron chi connectivity index (χ4n) is 6.17. The van der Waals surface area contributed by atoms with Gasteiger partial charge < -0.3 is 14.2 Å². The second kappa shape index (κ2) is 48.7. The predicted octanol–water partition coefficient (Wildman–Crippen LogP) is 16.0. The topological polar surface area (TPSA) is 78.9 Å². The summed E-state index contributed by atoms with van der Waals surface area (Å²) in [7, 11) is 0. The molecule has 0 aromatic rings. The highest BCUT2D eigenvalue weighted by molar-refractivity contribution is 5.71. The SMILES string of the molecule is CC/C=C\C/C=C\C/C=C\C/C=C\CCC(=O)OCC(COC(=O)CCCCCCCCC/C=C\CCCCCCCC)OC(=O)CC/C=C\C/C=C\C/C=C\C/C=C\CC. The third kappa shape index (κ3) is 47.0. The molecule has 0 radical (unpaired) electrons. The van der Waals surface area contributed by atoms with Gasteiger partial charge in [0.15, 0.2) is 6.10 Å². The quantitative estimate of drug-likeness (QED) is 0.0264. The molecule has 344 valence electrons. The predicted molar refractivity (Wildman–Crippen MR) is 260 cm³/mol. The number of hydrogen-bond donors (Lipinski definition) is 0. The Hall–Kier alpha value is -3.93. The first-order valence-corrected chi connectivity index (χ1v) is 24.4. The van der Waals surface area contributed by atoms with Crippen LogP contribution in [0, 0.1) is 0 Å². The molecule has 0 aromatic heterocycles. The van der Waals surface area contributed by atoms with Gasteiger partial charge in [-0.3, -0.25) is 14.4 Å². The van der Waals surface area contributed by atoms with Gasteiger partial charge in [0, 0.05) is 19.3 Å². The van der Waals surface area contributed by atoms with E-state index in [9.17, 15) is 14.4 Å². The summed E-state index contributed by atoms with van der Waals surface area (Å²) < 4.78 is 16.6. The van der Waals surface area contributed by atoms with Crippen molar-refractivity contribution in [3.63, 3.8) is 0 Å². The van der Waals surface area contributed by atoms with Crippen LogP contribution in [0.5, 0.6) is 0 Å². The van der Waals surface area contributed by atoms with Gasteiger partial charge in [-0.1, -0.05) is 194 Å². The molecule has 0 aromatic carbocycles. The molecule has 6 nitrogen and oxygen atoms in total. The Morgan fingerprint density at radius 3 is 1.10 bits per heavy atom. The summed E-state index contributed by atoms with van der Waals surface area (Å²) in [5.41, 5.74) is 0. The average Bonchev–Trinajstić information content (AvgIpc) is 3.26. The highest BCUT2D eigenvalue weighted by Crippen LogP contribution is 2.12. The van der Waals surface area contributed by atoms with E-state index in [2.05, 4.69) is 106 Å². The van der Waals surface area contributed by atoms with Crippen LogP contribution in [0.4, 0.5) is 0 Å². The molecule has 61 heavy (non-hydrogen) atoms. The molecule has 1 unspecified atom stereocenters. The molecule has 0 aliphatic heterocycles. The standard InChI is InChI=1S/C55H88O6/c1-4-7-10-13-16-19-22-25-26-27-28-31-33-36-39-42-45-48-54(57)60-51-52(61-55(58)49-46-43-40-37-34-30-24-21-18-15-12-9-6-3)50-59-53(56)47-44-41-38-35-32-29-23-20-17-14-11-8-5-2/h8-9,11-12,17-18,20-21,25-26,29-30,32,34,38,40-41,43,52H,4-7,10,13-16,19,22-24,27-28,31,33,35-37,39,42,44-51H2,1-3H3/b11-8-,12-9-,20-17-,21-18-,26-25-,32-29-,34-30-,41-38-,43-40-. The molecule has 0 fully saturated rings. The van der Waals surface area contributed by atoms with Gasteiger partial charge >= 0.3 is 17.9 Å². The fourth-order valence-corrected chi connectivity index (χ4v) is 6.17. The Morgan fingerprint density at radius 2 is 0.672 bits per heavy atom. The van der Waals surface area contributed by atoms with E-state index >= 15 is 0 Å². The van der Waals surface area contributed by atoms with Crippen LogP contribution in [0.25, 0.3) is 0 Å². The van der Waals surface area contributed by atoms with Crippen LogP contribution in [-0.2, 0) is 28.6 Å². The molecule has 0 heterocycles. The van der Waals surface area contributed by atoms with Crippen LogP contribution in [0.1, 0.15) is 201 Å². The van der Waals surface area contributed by atoms with E-state index in [1.807, 2.05) is 24.3 Å². The van der Waals surface area contributed by atoms with E-state index in [1.165, 1.54) is 77.0 Å². The van der Waals surface area contributed by atoms with Crippen LogP contribution in [0.2, 0.25) is 0 Å². The molecule has 1 atom stereocenters. The van der Waals surface area contributed by atoms with Gasteiger partial charge in [0.05, 0.1) is 0 Å². The normalized spacial score (nSPS) is 13.0. The molecule has 0 rings (SSSR count). The minimum absolute atomic E-state index is 0.133. The van der Waals surface area contributed by atoms with E-state index in [0.717, 1.165) is 70.6 Å². The maximum atomic E-state index is 12.7. The molecule has 0 saturated heterocycles. The summed E-state index contributed by atoms with van der Waals surface area (Å²) in [5, 5.41) is 0. The monoisotopic (exact) mass is 845 g/mol. The van der Waals surface area contributed by atoms with Crippen molar-refractivity contribution in [2.75, 3.05) is 13.2 Å². The van der Waals surface area contributed by atoms with Crippen LogP contribution in [0.15, 0.2) is 109 Å². The lowest BCUT2D eigenvalue weighted by Gasteiger charge is -2.18. The second-order valence-electron chi connectivity index (χ2n) is 15.6. The largest absolute Gasteiger partial charge is 0.462 e. The van der Waals surface area contributed by atoms with Crippen LogP contribution >= 0.6 is 0 Å². The van der Waals surface area contributed by atoms with Gasteiger partial charge in [-0.15, -0.1) is 0 Å². The average molecular weight is 845 g/mol. The lowest BCUT2D eigenvalue weighted by atomic mass is 10.1. The molecule has 0 spiro atoms. The van der Waals surface area contributed by atoms with Gasteiger partial charge in [0.1, 0.15) is 13.2 Å². The highest BCUT2D eigenvalue weighted by atomic mass is 16.6.